The minimum Gasteiger partial charge on any atom is -0.373 e. The summed E-state index contributed by atoms with van der Waals surface area (Å²) in [7, 11) is 0. The van der Waals surface area contributed by atoms with E-state index in [1.54, 1.807) is 0 Å². The van der Waals surface area contributed by atoms with Crippen LogP contribution in [-0.4, -0.2) is 12.7 Å². The van der Waals surface area contributed by atoms with E-state index in [0.29, 0.717) is 6.04 Å². The van der Waals surface area contributed by atoms with E-state index in [2.05, 4.69) is 31.1 Å². The van der Waals surface area contributed by atoms with Gasteiger partial charge in [0.2, 0.25) is 0 Å². The van der Waals surface area contributed by atoms with Gasteiger partial charge in [0.05, 0.1) is 6.67 Å². The largest absolute Gasteiger partial charge is 0.373 e. The minimum atomic E-state index is 0.565. The predicted molar refractivity (Wildman–Crippen MR) is 59.5 cm³/mol. The lowest BCUT2D eigenvalue weighted by Gasteiger charge is -2.15. The third-order valence-corrected chi connectivity index (χ3v) is 2.09. The van der Waals surface area contributed by atoms with Crippen LogP contribution in [0.25, 0.3) is 0 Å². The summed E-state index contributed by atoms with van der Waals surface area (Å²) in [6.07, 6.45) is 3.19. The van der Waals surface area contributed by atoms with Crippen LogP contribution in [0, 0.1) is 0 Å². The maximum Gasteiger partial charge on any atom is 0.0655 e. The molecule has 76 valence electrons. The highest BCUT2D eigenvalue weighted by Crippen LogP contribution is 2.00. The Labute approximate surface area is 82.1 Å². The van der Waals surface area contributed by atoms with Crippen molar-refractivity contribution in [2.45, 2.75) is 40.2 Å². The average Bonchev–Trinajstić information content (AvgIpc) is 2.11. The molecule has 0 aromatic heterocycles. The highest BCUT2D eigenvalue weighted by atomic mass is 15.1. The lowest BCUT2D eigenvalue weighted by Crippen LogP contribution is -2.34. The quantitative estimate of drug-likeness (QED) is 0.487. The summed E-state index contributed by atoms with van der Waals surface area (Å²) in [6, 6.07) is 0.565. The van der Waals surface area contributed by atoms with E-state index in [9.17, 15) is 0 Å². The minimum absolute atomic E-state index is 0.565. The Morgan fingerprint density at radius 3 is 2.54 bits per heavy atom. The molecular weight excluding hydrogens is 160 g/mol. The average molecular weight is 182 g/mol. The first-order valence-corrected chi connectivity index (χ1v) is 4.91. The van der Waals surface area contributed by atoms with Gasteiger partial charge in [-0.15, -0.1) is 0 Å². The van der Waals surface area contributed by atoms with Crippen molar-refractivity contribution in [1.29, 1.82) is 0 Å². The van der Waals surface area contributed by atoms with Gasteiger partial charge in [-0.3, -0.25) is 5.32 Å². The van der Waals surface area contributed by atoms with E-state index in [1.807, 2.05) is 19.9 Å². The fourth-order valence-corrected chi connectivity index (χ4v) is 0.964. The van der Waals surface area contributed by atoms with Crippen molar-refractivity contribution in [2.75, 3.05) is 6.67 Å². The Hall–Kier alpha value is -0.760. The summed E-state index contributed by atoms with van der Waals surface area (Å²) in [4.78, 5) is 0. The van der Waals surface area contributed by atoms with Crippen LogP contribution < -0.4 is 10.6 Å². The summed E-state index contributed by atoms with van der Waals surface area (Å²) < 4.78 is 0. The zero-order valence-electron chi connectivity index (χ0n) is 9.28. The lowest BCUT2D eigenvalue weighted by molar-refractivity contribution is 0.515. The molecule has 2 N–H and O–H groups in total. The molecule has 1 atom stereocenters. The third kappa shape index (κ3) is 5.47. The molecule has 0 radical (unpaired) electrons. The molecule has 0 aliphatic carbocycles. The molecule has 0 aliphatic rings. The first kappa shape index (κ1) is 12.2. The van der Waals surface area contributed by atoms with Gasteiger partial charge in [-0.05, 0) is 32.8 Å². The van der Waals surface area contributed by atoms with Gasteiger partial charge >= 0.3 is 0 Å². The van der Waals surface area contributed by atoms with Gasteiger partial charge in [-0.2, -0.15) is 0 Å². The van der Waals surface area contributed by atoms with Crippen molar-refractivity contribution >= 4 is 0 Å². The fourth-order valence-electron chi connectivity index (χ4n) is 0.964. The smallest absolute Gasteiger partial charge is 0.0655 e. The van der Waals surface area contributed by atoms with E-state index in [4.69, 9.17) is 0 Å². The molecule has 0 fully saturated rings. The number of allylic oxidation sites excluding steroid dienone is 2. The molecule has 13 heavy (non-hydrogen) atoms. The van der Waals surface area contributed by atoms with Crippen LogP contribution in [0.5, 0.6) is 0 Å². The molecule has 0 rings (SSSR count). The van der Waals surface area contributed by atoms with Crippen LogP contribution in [0.3, 0.4) is 0 Å². The monoisotopic (exact) mass is 182 g/mol. The van der Waals surface area contributed by atoms with E-state index >= 15 is 0 Å². The van der Waals surface area contributed by atoms with Crippen molar-refractivity contribution in [3.05, 3.63) is 23.9 Å². The Balaban J connectivity index is 3.69. The molecule has 0 bridgehead atoms. The molecule has 2 nitrogen and oxygen atoms in total. The van der Waals surface area contributed by atoms with Crippen molar-refractivity contribution in [1.82, 2.24) is 10.6 Å². The Morgan fingerprint density at radius 2 is 2.15 bits per heavy atom. The molecule has 0 saturated heterocycles. The summed E-state index contributed by atoms with van der Waals surface area (Å²) in [5.74, 6) is 0. The highest BCUT2D eigenvalue weighted by Gasteiger charge is 1.97. The maximum atomic E-state index is 3.89. The lowest BCUT2D eigenvalue weighted by atomic mass is 10.2. The van der Waals surface area contributed by atoms with Crippen LogP contribution in [0.2, 0.25) is 0 Å². The second-order valence-corrected chi connectivity index (χ2v) is 3.35. The number of rotatable bonds is 6. The van der Waals surface area contributed by atoms with Gasteiger partial charge in [0.1, 0.15) is 0 Å². The standard InChI is InChI=1S/C11H22N2/c1-6-10(5)12-8-13-11(7-2)9(3)4/h7,10,12-13H,3,6,8H2,1-2,4-5H3/b11-7+. The van der Waals surface area contributed by atoms with Crippen molar-refractivity contribution in [3.63, 3.8) is 0 Å². The first-order chi connectivity index (χ1) is 6.11. The molecule has 0 heterocycles. The van der Waals surface area contributed by atoms with Gasteiger partial charge in [0.15, 0.2) is 0 Å². The van der Waals surface area contributed by atoms with Crippen molar-refractivity contribution in [3.8, 4) is 0 Å². The number of hydrogen-bond acceptors (Lipinski definition) is 2. The van der Waals surface area contributed by atoms with Crippen LogP contribution in [0.1, 0.15) is 34.1 Å². The van der Waals surface area contributed by atoms with Gasteiger partial charge < -0.3 is 5.32 Å². The third-order valence-electron chi connectivity index (χ3n) is 2.09. The van der Waals surface area contributed by atoms with Gasteiger partial charge in [0, 0.05) is 11.7 Å². The molecule has 0 aromatic rings. The van der Waals surface area contributed by atoms with Crippen LogP contribution in [0.15, 0.2) is 23.9 Å². The molecule has 0 aromatic carbocycles. The van der Waals surface area contributed by atoms with Crippen molar-refractivity contribution < 1.29 is 0 Å². The van der Waals surface area contributed by atoms with E-state index < -0.39 is 0 Å². The molecule has 1 unspecified atom stereocenters. The van der Waals surface area contributed by atoms with Crippen molar-refractivity contribution in [2.24, 2.45) is 0 Å². The fraction of sp³-hybridized carbons (Fsp3) is 0.636. The van der Waals surface area contributed by atoms with E-state index in [0.717, 1.165) is 24.4 Å². The molecular formula is C11H22N2. The normalized spacial score (nSPS) is 14.0. The van der Waals surface area contributed by atoms with E-state index in [-0.39, 0.29) is 0 Å². The summed E-state index contributed by atoms with van der Waals surface area (Å²) in [6.45, 7) is 13.1. The SMILES string of the molecule is C=C(C)/C(=C\C)NCNC(C)CC. The zero-order valence-corrected chi connectivity index (χ0v) is 9.28. The second kappa shape index (κ2) is 6.72. The topological polar surface area (TPSA) is 24.1 Å². The van der Waals surface area contributed by atoms with Crippen LogP contribution in [-0.2, 0) is 0 Å². The Morgan fingerprint density at radius 1 is 1.54 bits per heavy atom. The molecule has 0 saturated carbocycles. The highest BCUT2D eigenvalue weighted by molar-refractivity contribution is 5.23. The summed E-state index contributed by atoms with van der Waals surface area (Å²) >= 11 is 0. The van der Waals surface area contributed by atoms with Gasteiger partial charge in [0.25, 0.3) is 0 Å². The molecule has 0 spiro atoms. The molecule has 0 amide bonds. The molecule has 0 aliphatic heterocycles. The second-order valence-electron chi connectivity index (χ2n) is 3.35. The molecule has 2 heteroatoms. The Kier molecular flexibility index (Phi) is 6.33. The van der Waals surface area contributed by atoms with E-state index in [1.165, 1.54) is 0 Å². The van der Waals surface area contributed by atoms with Gasteiger partial charge in [-0.25, -0.2) is 0 Å². The number of hydrogen-bond donors (Lipinski definition) is 2. The zero-order chi connectivity index (χ0) is 10.3. The predicted octanol–water partition coefficient (Wildman–Crippen LogP) is 2.40. The first-order valence-electron chi connectivity index (χ1n) is 4.91. The Bertz CT molecular complexity index is 183. The summed E-state index contributed by atoms with van der Waals surface area (Å²) in [5.41, 5.74) is 2.20. The van der Waals surface area contributed by atoms with Gasteiger partial charge in [-0.1, -0.05) is 19.6 Å². The van der Waals surface area contributed by atoms with Crippen LogP contribution >= 0.6 is 0 Å². The number of nitrogens with one attached hydrogen (secondary N) is 2. The summed E-state index contributed by atoms with van der Waals surface area (Å²) in [5, 5.41) is 6.64. The van der Waals surface area contributed by atoms with Crippen LogP contribution in [0.4, 0.5) is 0 Å². The maximum absolute atomic E-state index is 3.89.